The van der Waals surface area contributed by atoms with E-state index in [1.54, 1.807) is 21.6 Å². The molecule has 0 saturated heterocycles. The molecule has 18 heavy (non-hydrogen) atoms. The second-order valence-electron chi connectivity index (χ2n) is 3.73. The molecule has 0 rings (SSSR count). The third-order valence-electron chi connectivity index (χ3n) is 1.80. The van der Waals surface area contributed by atoms with Gasteiger partial charge >= 0.3 is 0 Å². The van der Waals surface area contributed by atoms with Crippen molar-refractivity contribution in [1.82, 2.24) is 5.32 Å². The van der Waals surface area contributed by atoms with Crippen molar-refractivity contribution in [2.75, 3.05) is 26.5 Å². The van der Waals surface area contributed by atoms with Crippen molar-refractivity contribution in [2.45, 2.75) is 46.0 Å². The molecule has 1 unspecified atom stereocenters. The summed E-state index contributed by atoms with van der Waals surface area (Å²) in [4.78, 5) is 0. The van der Waals surface area contributed by atoms with Crippen molar-refractivity contribution in [1.29, 1.82) is 0 Å². The fourth-order valence-corrected chi connectivity index (χ4v) is 2.79. The van der Waals surface area contributed by atoms with Gasteiger partial charge in [0.1, 0.15) is 12.0 Å². The first kappa shape index (κ1) is 20.5. The van der Waals surface area contributed by atoms with E-state index in [0.717, 1.165) is 19.4 Å². The van der Waals surface area contributed by atoms with E-state index in [4.69, 9.17) is 4.74 Å². The van der Waals surface area contributed by atoms with Gasteiger partial charge in [0.15, 0.2) is 0 Å². The smallest absolute Gasteiger partial charge is 0.114 e. The molecular formula is C14H29NOS2. The van der Waals surface area contributed by atoms with E-state index in [-0.39, 0.29) is 5.44 Å². The topological polar surface area (TPSA) is 21.3 Å². The van der Waals surface area contributed by atoms with Crippen LogP contribution in [0.15, 0.2) is 0 Å². The third kappa shape index (κ3) is 16.2. The van der Waals surface area contributed by atoms with E-state index in [9.17, 15) is 0 Å². The number of nitrogens with one attached hydrogen (secondary N) is 1. The van der Waals surface area contributed by atoms with Gasteiger partial charge in [-0.1, -0.05) is 61.1 Å². The van der Waals surface area contributed by atoms with Crippen molar-refractivity contribution in [3.05, 3.63) is 0 Å². The Labute approximate surface area is 122 Å². The van der Waals surface area contributed by atoms with Crippen LogP contribution in [-0.4, -0.2) is 31.9 Å². The van der Waals surface area contributed by atoms with Gasteiger partial charge in [0.2, 0.25) is 0 Å². The second-order valence-corrected chi connectivity index (χ2v) is 6.35. The summed E-state index contributed by atoms with van der Waals surface area (Å²) in [6, 6.07) is 0. The van der Waals surface area contributed by atoms with Crippen LogP contribution in [0.5, 0.6) is 0 Å². The molecule has 0 radical (unpaired) electrons. The summed E-state index contributed by atoms with van der Waals surface area (Å²) in [7, 11) is 5.52. The van der Waals surface area contributed by atoms with E-state index in [1.165, 1.54) is 0 Å². The van der Waals surface area contributed by atoms with Gasteiger partial charge < -0.3 is 10.1 Å². The van der Waals surface area contributed by atoms with Crippen LogP contribution in [-0.2, 0) is 4.74 Å². The van der Waals surface area contributed by atoms with Gasteiger partial charge in [0.05, 0.1) is 0 Å². The first-order valence-electron chi connectivity index (χ1n) is 6.64. The normalized spacial score (nSPS) is 11.3. The largest absolute Gasteiger partial charge is 0.354 e. The quantitative estimate of drug-likeness (QED) is 0.315. The Bertz CT molecular complexity index is 212. The Morgan fingerprint density at radius 1 is 1.28 bits per heavy atom. The third-order valence-corrected chi connectivity index (χ3v) is 3.80. The summed E-state index contributed by atoms with van der Waals surface area (Å²) in [5.74, 6) is 6.59. The first-order valence-corrected chi connectivity index (χ1v) is 9.26. The summed E-state index contributed by atoms with van der Waals surface area (Å²) < 4.78 is 5.72. The van der Waals surface area contributed by atoms with Crippen molar-refractivity contribution in [3.63, 3.8) is 0 Å². The molecule has 108 valence electrons. The predicted octanol–water partition coefficient (Wildman–Crippen LogP) is 4.03. The monoisotopic (exact) mass is 291 g/mol. The maximum Gasteiger partial charge on any atom is 0.114 e. The lowest BCUT2D eigenvalue weighted by molar-refractivity contribution is 0.136. The first-order chi connectivity index (χ1) is 8.70. The van der Waals surface area contributed by atoms with Crippen molar-refractivity contribution in [3.8, 4) is 11.8 Å². The minimum Gasteiger partial charge on any atom is -0.354 e. The highest BCUT2D eigenvalue weighted by Gasteiger charge is 2.07. The Morgan fingerprint density at radius 2 is 1.94 bits per heavy atom. The highest BCUT2D eigenvalue weighted by atomic mass is 33.1. The maximum absolute atomic E-state index is 5.72. The average Bonchev–Trinajstić information content (AvgIpc) is 2.37. The number of ether oxygens (including phenoxy) is 1. The number of hydrogen-bond donors (Lipinski definition) is 1. The predicted molar refractivity (Wildman–Crippen MR) is 88.0 cm³/mol. The lowest BCUT2D eigenvalue weighted by Crippen LogP contribution is -2.13. The van der Waals surface area contributed by atoms with Gasteiger partial charge in [-0.25, -0.2) is 0 Å². The highest BCUT2D eigenvalue weighted by molar-refractivity contribution is 8.76. The molecule has 0 fully saturated rings. The van der Waals surface area contributed by atoms with E-state index in [0.29, 0.717) is 12.5 Å². The molecule has 0 spiro atoms. The summed E-state index contributed by atoms with van der Waals surface area (Å²) in [6.07, 6.45) is 4.31. The standard InChI is InChI=1S/C12H23NOS2.C2H6/c1-11(2)7-6-10-14-12(16-15-4)8-5-9-13-3;1-2/h11-13H,5,8-10H2,1-4H3;1-2H3. The second kappa shape index (κ2) is 17.2. The van der Waals surface area contributed by atoms with Gasteiger partial charge in [-0.05, 0) is 32.7 Å². The molecule has 0 aliphatic carbocycles. The number of hydrogen-bond acceptors (Lipinski definition) is 4. The lowest BCUT2D eigenvalue weighted by Gasteiger charge is -2.14. The van der Waals surface area contributed by atoms with E-state index in [2.05, 4.69) is 37.3 Å². The Balaban J connectivity index is 0. The van der Waals surface area contributed by atoms with E-state index < -0.39 is 0 Å². The molecule has 0 aromatic rings. The molecule has 0 aromatic carbocycles. The van der Waals surface area contributed by atoms with Crippen LogP contribution in [0.25, 0.3) is 0 Å². The zero-order valence-corrected chi connectivity index (χ0v) is 14.3. The van der Waals surface area contributed by atoms with Crippen LogP contribution in [0, 0.1) is 17.8 Å². The minimum absolute atomic E-state index is 0.268. The summed E-state index contributed by atoms with van der Waals surface area (Å²) in [5, 5.41) is 3.15. The van der Waals surface area contributed by atoms with E-state index >= 15 is 0 Å². The summed E-state index contributed by atoms with van der Waals surface area (Å²) >= 11 is 0. The molecular weight excluding hydrogens is 262 g/mol. The molecule has 0 aliphatic heterocycles. The van der Waals surface area contributed by atoms with Gasteiger partial charge in [-0.15, -0.1) is 0 Å². The Kier molecular flexibility index (Phi) is 19.6. The fraction of sp³-hybridized carbons (Fsp3) is 0.857. The molecule has 0 bridgehead atoms. The van der Waals surface area contributed by atoms with Crippen LogP contribution in [0.1, 0.15) is 40.5 Å². The van der Waals surface area contributed by atoms with Crippen LogP contribution in [0.3, 0.4) is 0 Å². The molecule has 2 nitrogen and oxygen atoms in total. The molecule has 0 aromatic heterocycles. The van der Waals surface area contributed by atoms with E-state index in [1.807, 2.05) is 20.9 Å². The molecule has 0 amide bonds. The van der Waals surface area contributed by atoms with Gasteiger partial charge in [0, 0.05) is 5.92 Å². The molecule has 1 atom stereocenters. The van der Waals surface area contributed by atoms with Crippen molar-refractivity contribution in [2.24, 2.45) is 5.92 Å². The Morgan fingerprint density at radius 3 is 2.44 bits per heavy atom. The SMILES string of the molecule is CC.CNCCCC(OCC#CC(C)C)SSC. The number of rotatable bonds is 8. The van der Waals surface area contributed by atoms with Gasteiger partial charge in [-0.2, -0.15) is 0 Å². The minimum atomic E-state index is 0.268. The van der Waals surface area contributed by atoms with Crippen LogP contribution in [0.4, 0.5) is 0 Å². The molecule has 1 N–H and O–H groups in total. The van der Waals surface area contributed by atoms with Gasteiger partial charge in [0.25, 0.3) is 0 Å². The highest BCUT2D eigenvalue weighted by Crippen LogP contribution is 2.27. The molecule has 0 heterocycles. The van der Waals surface area contributed by atoms with Crippen LogP contribution < -0.4 is 5.32 Å². The van der Waals surface area contributed by atoms with Crippen molar-refractivity contribution >= 4 is 21.6 Å². The lowest BCUT2D eigenvalue weighted by atomic mass is 10.2. The van der Waals surface area contributed by atoms with Crippen molar-refractivity contribution < 1.29 is 4.74 Å². The fourth-order valence-electron chi connectivity index (χ4n) is 1.09. The van der Waals surface area contributed by atoms with Gasteiger partial charge in [-0.3, -0.25) is 0 Å². The zero-order valence-electron chi connectivity index (χ0n) is 12.7. The summed E-state index contributed by atoms with van der Waals surface area (Å²) in [6.45, 7) is 9.78. The summed E-state index contributed by atoms with van der Waals surface area (Å²) in [5.41, 5.74) is 0.268. The van der Waals surface area contributed by atoms with Crippen LogP contribution >= 0.6 is 21.6 Å². The molecule has 0 aliphatic rings. The molecule has 4 heteroatoms. The Hall–Kier alpha value is 0.180. The van der Waals surface area contributed by atoms with Crippen LogP contribution in [0.2, 0.25) is 0 Å². The molecule has 0 saturated carbocycles. The zero-order chi connectivity index (χ0) is 14.2. The average molecular weight is 292 g/mol. The maximum atomic E-state index is 5.72.